The topological polar surface area (TPSA) is 37.4 Å². The third kappa shape index (κ3) is 1.46. The molecule has 1 saturated heterocycles. The SMILES string of the molecule is Cc1cc(C)cc(N2C(=O)[C@H]3[C@H]4CC[C@@H](C4)[C@@H]3C2=O)c1. The summed E-state index contributed by atoms with van der Waals surface area (Å²) in [7, 11) is 0. The van der Waals surface area contributed by atoms with Gasteiger partial charge in [0.15, 0.2) is 0 Å². The highest BCUT2D eigenvalue weighted by Gasteiger charge is 2.61. The number of benzene rings is 1. The Morgan fingerprint density at radius 3 is 1.90 bits per heavy atom. The molecule has 2 aliphatic carbocycles. The van der Waals surface area contributed by atoms with E-state index in [1.807, 2.05) is 26.0 Å². The Morgan fingerprint density at radius 1 is 0.900 bits per heavy atom. The highest BCUT2D eigenvalue weighted by molar-refractivity contribution is 6.22. The van der Waals surface area contributed by atoms with Gasteiger partial charge in [0.1, 0.15) is 0 Å². The van der Waals surface area contributed by atoms with Crippen LogP contribution in [-0.2, 0) is 9.59 Å². The van der Waals surface area contributed by atoms with Crippen molar-refractivity contribution in [3.63, 3.8) is 0 Å². The molecular weight excluding hydrogens is 250 g/mol. The average Bonchev–Trinajstić information content (AvgIpc) is 3.02. The zero-order valence-corrected chi connectivity index (χ0v) is 11.9. The highest BCUT2D eigenvalue weighted by atomic mass is 16.2. The minimum absolute atomic E-state index is 0.0259. The van der Waals surface area contributed by atoms with Gasteiger partial charge >= 0.3 is 0 Å². The Hall–Kier alpha value is -1.64. The summed E-state index contributed by atoms with van der Waals surface area (Å²) in [5.74, 6) is 0.966. The highest BCUT2D eigenvalue weighted by Crippen LogP contribution is 2.56. The summed E-state index contributed by atoms with van der Waals surface area (Å²) in [6, 6.07) is 5.97. The lowest BCUT2D eigenvalue weighted by atomic mass is 9.81. The molecule has 2 amide bonds. The number of nitrogens with zero attached hydrogens (tertiary/aromatic N) is 1. The number of hydrogen-bond donors (Lipinski definition) is 0. The van der Waals surface area contributed by atoms with Gasteiger partial charge in [-0.15, -0.1) is 0 Å². The first kappa shape index (κ1) is 12.1. The van der Waals surface area contributed by atoms with Gasteiger partial charge in [-0.1, -0.05) is 6.07 Å². The summed E-state index contributed by atoms with van der Waals surface area (Å²) >= 11 is 0. The number of carbonyl (C=O) groups is 2. The summed E-state index contributed by atoms with van der Waals surface area (Å²) in [6.45, 7) is 4.01. The molecular formula is C17H19NO2. The summed E-state index contributed by atoms with van der Waals surface area (Å²) < 4.78 is 0. The Bertz CT molecular complexity index is 573. The molecule has 4 atom stereocenters. The lowest BCUT2D eigenvalue weighted by molar-refractivity contribution is -0.123. The minimum Gasteiger partial charge on any atom is -0.274 e. The average molecular weight is 269 g/mol. The van der Waals surface area contributed by atoms with E-state index in [0.717, 1.165) is 36.1 Å². The fraction of sp³-hybridized carbons (Fsp3) is 0.529. The molecule has 4 rings (SSSR count). The van der Waals surface area contributed by atoms with Crippen LogP contribution in [0, 0.1) is 37.5 Å². The zero-order valence-electron chi connectivity index (χ0n) is 11.9. The van der Waals surface area contributed by atoms with Crippen LogP contribution in [0.5, 0.6) is 0 Å². The molecule has 1 aromatic carbocycles. The third-order valence-electron chi connectivity index (χ3n) is 5.39. The first-order chi connectivity index (χ1) is 9.56. The minimum atomic E-state index is -0.0259. The second-order valence-electron chi connectivity index (χ2n) is 6.74. The van der Waals surface area contributed by atoms with E-state index < -0.39 is 0 Å². The van der Waals surface area contributed by atoms with Crippen molar-refractivity contribution in [2.24, 2.45) is 23.7 Å². The van der Waals surface area contributed by atoms with Crippen molar-refractivity contribution in [2.45, 2.75) is 33.1 Å². The quantitative estimate of drug-likeness (QED) is 0.735. The molecule has 0 aromatic heterocycles. The predicted molar refractivity (Wildman–Crippen MR) is 76.2 cm³/mol. The maximum absolute atomic E-state index is 12.7. The van der Waals surface area contributed by atoms with Gasteiger partial charge in [-0.25, -0.2) is 0 Å². The first-order valence-electron chi connectivity index (χ1n) is 7.52. The standard InChI is InChI=1S/C17H19NO2/c1-9-5-10(2)7-13(6-9)18-16(19)14-11-3-4-12(8-11)15(14)17(18)20/h5-7,11-12,14-15H,3-4,8H2,1-2H3/t11-,12-,14-,15-/m0/s1. The number of carbonyl (C=O) groups excluding carboxylic acids is 2. The van der Waals surface area contributed by atoms with Gasteiger partial charge in [0.25, 0.3) is 0 Å². The molecule has 3 heteroatoms. The molecule has 0 radical (unpaired) electrons. The maximum atomic E-state index is 12.7. The van der Waals surface area contributed by atoms with Crippen LogP contribution in [0.4, 0.5) is 5.69 Å². The van der Waals surface area contributed by atoms with Gasteiger partial charge in [-0.2, -0.15) is 0 Å². The van der Waals surface area contributed by atoms with E-state index in [1.54, 1.807) is 0 Å². The molecule has 0 unspecified atom stereocenters. The number of aryl methyl sites for hydroxylation is 2. The van der Waals surface area contributed by atoms with Gasteiger partial charge in [0, 0.05) is 0 Å². The van der Waals surface area contributed by atoms with Gasteiger partial charge in [0.05, 0.1) is 17.5 Å². The molecule has 3 aliphatic rings. The normalized spacial score (nSPS) is 35.0. The lowest BCUT2D eigenvalue weighted by Crippen LogP contribution is -2.32. The van der Waals surface area contributed by atoms with Crippen LogP contribution >= 0.6 is 0 Å². The van der Waals surface area contributed by atoms with E-state index in [4.69, 9.17) is 0 Å². The number of anilines is 1. The summed E-state index contributed by atoms with van der Waals surface area (Å²) in [6.07, 6.45) is 3.35. The second-order valence-corrected chi connectivity index (χ2v) is 6.74. The molecule has 20 heavy (non-hydrogen) atoms. The van der Waals surface area contributed by atoms with Gasteiger partial charge in [-0.05, 0) is 68.2 Å². The Kier molecular flexibility index (Phi) is 2.39. The molecule has 2 bridgehead atoms. The van der Waals surface area contributed by atoms with Crippen molar-refractivity contribution in [1.82, 2.24) is 0 Å². The van der Waals surface area contributed by atoms with Crippen molar-refractivity contribution >= 4 is 17.5 Å². The molecule has 0 N–H and O–H groups in total. The van der Waals surface area contributed by atoms with E-state index >= 15 is 0 Å². The molecule has 0 spiro atoms. The van der Waals surface area contributed by atoms with Crippen molar-refractivity contribution in [1.29, 1.82) is 0 Å². The van der Waals surface area contributed by atoms with Crippen molar-refractivity contribution in [3.05, 3.63) is 29.3 Å². The van der Waals surface area contributed by atoms with Crippen molar-refractivity contribution < 1.29 is 9.59 Å². The second kappa shape index (κ2) is 3.94. The molecule has 1 aliphatic heterocycles. The van der Waals surface area contributed by atoms with Crippen molar-refractivity contribution in [2.75, 3.05) is 4.90 Å². The number of amides is 2. The van der Waals surface area contributed by atoms with Crippen LogP contribution in [0.2, 0.25) is 0 Å². The number of rotatable bonds is 1. The number of fused-ring (bicyclic) bond motifs is 5. The Balaban J connectivity index is 1.76. The maximum Gasteiger partial charge on any atom is 0.237 e. The third-order valence-corrected chi connectivity index (χ3v) is 5.39. The van der Waals surface area contributed by atoms with E-state index in [0.29, 0.717) is 11.8 Å². The number of hydrogen-bond acceptors (Lipinski definition) is 2. The molecule has 1 heterocycles. The summed E-state index contributed by atoms with van der Waals surface area (Å²) in [4.78, 5) is 26.9. The molecule has 2 saturated carbocycles. The Morgan fingerprint density at radius 2 is 1.40 bits per heavy atom. The van der Waals surface area contributed by atoms with E-state index in [2.05, 4.69) is 6.07 Å². The van der Waals surface area contributed by atoms with Crippen LogP contribution in [0.1, 0.15) is 30.4 Å². The number of imide groups is 1. The van der Waals surface area contributed by atoms with Crippen LogP contribution in [0.15, 0.2) is 18.2 Å². The lowest BCUT2D eigenvalue weighted by Gasteiger charge is -2.19. The summed E-state index contributed by atoms with van der Waals surface area (Å²) in [5.41, 5.74) is 2.97. The van der Waals surface area contributed by atoms with E-state index in [1.165, 1.54) is 4.90 Å². The molecule has 104 valence electrons. The fourth-order valence-corrected chi connectivity index (χ4v) is 4.74. The van der Waals surface area contributed by atoms with E-state index in [9.17, 15) is 9.59 Å². The van der Waals surface area contributed by atoms with Gasteiger partial charge in [-0.3, -0.25) is 14.5 Å². The van der Waals surface area contributed by atoms with Crippen LogP contribution in [-0.4, -0.2) is 11.8 Å². The smallest absolute Gasteiger partial charge is 0.237 e. The van der Waals surface area contributed by atoms with Crippen LogP contribution < -0.4 is 4.90 Å². The fourth-order valence-electron chi connectivity index (χ4n) is 4.74. The van der Waals surface area contributed by atoms with Gasteiger partial charge in [0.2, 0.25) is 11.8 Å². The Labute approximate surface area is 119 Å². The molecule has 3 fully saturated rings. The van der Waals surface area contributed by atoms with Crippen molar-refractivity contribution in [3.8, 4) is 0 Å². The molecule has 3 nitrogen and oxygen atoms in total. The van der Waals surface area contributed by atoms with E-state index in [-0.39, 0.29) is 23.7 Å². The summed E-state index contributed by atoms with van der Waals surface area (Å²) in [5, 5.41) is 0. The predicted octanol–water partition coefficient (Wildman–Crippen LogP) is 2.84. The monoisotopic (exact) mass is 269 g/mol. The zero-order chi connectivity index (χ0) is 14.0. The van der Waals surface area contributed by atoms with Gasteiger partial charge < -0.3 is 0 Å². The van der Waals surface area contributed by atoms with Crippen LogP contribution in [0.3, 0.4) is 0 Å². The van der Waals surface area contributed by atoms with Crippen LogP contribution in [0.25, 0.3) is 0 Å². The molecule has 1 aromatic rings. The first-order valence-corrected chi connectivity index (χ1v) is 7.52. The largest absolute Gasteiger partial charge is 0.274 e.